The maximum absolute atomic E-state index is 13.5. The summed E-state index contributed by atoms with van der Waals surface area (Å²) in [7, 11) is 0. The van der Waals surface area contributed by atoms with Gasteiger partial charge in [-0.3, -0.25) is 4.79 Å². The van der Waals surface area contributed by atoms with E-state index in [1.807, 2.05) is 12.1 Å². The van der Waals surface area contributed by atoms with Crippen LogP contribution in [0.2, 0.25) is 0 Å². The number of aliphatic hydroxyl groups is 1. The van der Waals surface area contributed by atoms with E-state index in [4.69, 9.17) is 0 Å². The largest absolute Gasteiger partial charge is 0.393 e. The van der Waals surface area contributed by atoms with Crippen LogP contribution < -0.4 is 0 Å². The minimum atomic E-state index is -0.196. The highest BCUT2D eigenvalue weighted by atomic mass is 79.9. The second kappa shape index (κ2) is 6.92. The van der Waals surface area contributed by atoms with E-state index in [2.05, 4.69) is 54.1 Å². The quantitative estimate of drug-likeness (QED) is 0.397. The van der Waals surface area contributed by atoms with Gasteiger partial charge in [-0.2, -0.15) is 0 Å². The first kappa shape index (κ1) is 19.8. The fraction of sp³-hybridized carbons (Fsp3) is 0.577. The lowest BCUT2D eigenvalue weighted by molar-refractivity contribution is -0.130. The topological polar surface area (TPSA) is 37.3 Å². The standard InChI is InChI=1S/C26H31BrO2/c1-25-11-9-20(28)15-18(25)5-8-21-22(25)10-12-26(2)23(21)14-17(24(26)29)13-16-3-6-19(27)7-4-16/h3-7,13,20-23,28H,8-12,14-15H2,1-2H3/b17-13-. The van der Waals surface area contributed by atoms with Gasteiger partial charge in [0.1, 0.15) is 0 Å². The lowest BCUT2D eigenvalue weighted by Crippen LogP contribution is -2.50. The Balaban J connectivity index is 1.47. The average Bonchev–Trinajstić information content (AvgIpc) is 2.95. The lowest BCUT2D eigenvalue weighted by atomic mass is 9.48. The molecule has 0 spiro atoms. The Morgan fingerprint density at radius 1 is 1.03 bits per heavy atom. The van der Waals surface area contributed by atoms with Gasteiger partial charge in [-0.05, 0) is 97.5 Å². The van der Waals surface area contributed by atoms with Crippen LogP contribution in [0.15, 0.2) is 46.0 Å². The first-order valence-corrected chi connectivity index (χ1v) is 12.0. The van der Waals surface area contributed by atoms with Crippen LogP contribution >= 0.6 is 15.9 Å². The summed E-state index contributed by atoms with van der Waals surface area (Å²) in [5.74, 6) is 2.10. The highest BCUT2D eigenvalue weighted by Gasteiger charge is 2.59. The zero-order valence-corrected chi connectivity index (χ0v) is 19.0. The number of allylic oxidation sites excluding steroid dienone is 2. The van der Waals surface area contributed by atoms with Gasteiger partial charge in [0.2, 0.25) is 0 Å². The predicted octanol–water partition coefficient (Wildman–Crippen LogP) is 6.34. The van der Waals surface area contributed by atoms with E-state index in [9.17, 15) is 9.90 Å². The normalized spacial score (nSPS) is 42.8. The molecule has 3 saturated carbocycles. The van der Waals surface area contributed by atoms with Crippen molar-refractivity contribution in [3.8, 4) is 0 Å². The number of ketones is 1. The molecule has 1 N–H and O–H groups in total. The molecule has 0 amide bonds. The fourth-order valence-corrected chi connectivity index (χ4v) is 7.47. The third kappa shape index (κ3) is 3.03. The van der Waals surface area contributed by atoms with E-state index >= 15 is 0 Å². The van der Waals surface area contributed by atoms with Crippen molar-refractivity contribution in [1.82, 2.24) is 0 Å². The van der Waals surface area contributed by atoms with Crippen LogP contribution in [0.1, 0.15) is 64.4 Å². The second-order valence-corrected chi connectivity index (χ2v) is 11.3. The molecule has 1 aromatic rings. The molecule has 1 aromatic carbocycles. The minimum Gasteiger partial charge on any atom is -0.393 e. The van der Waals surface area contributed by atoms with Crippen molar-refractivity contribution in [3.05, 3.63) is 51.5 Å². The molecule has 0 bridgehead atoms. The number of carbonyl (C=O) groups excluding carboxylic acids is 1. The highest BCUT2D eigenvalue weighted by Crippen LogP contribution is 2.64. The van der Waals surface area contributed by atoms with Gasteiger partial charge >= 0.3 is 0 Å². The van der Waals surface area contributed by atoms with Crippen molar-refractivity contribution in [2.24, 2.45) is 28.6 Å². The first-order chi connectivity index (χ1) is 13.8. The van der Waals surface area contributed by atoms with E-state index in [1.54, 1.807) is 0 Å². The maximum atomic E-state index is 13.5. The molecule has 2 nitrogen and oxygen atoms in total. The molecular formula is C26H31BrO2. The summed E-state index contributed by atoms with van der Waals surface area (Å²) in [6.45, 7) is 4.68. The molecule has 0 aromatic heterocycles. The van der Waals surface area contributed by atoms with Crippen molar-refractivity contribution in [1.29, 1.82) is 0 Å². The summed E-state index contributed by atoms with van der Waals surface area (Å²) in [5, 5.41) is 10.2. The Bertz CT molecular complexity index is 898. The maximum Gasteiger partial charge on any atom is 0.165 e. The third-order valence-corrected chi connectivity index (χ3v) is 9.46. The van der Waals surface area contributed by atoms with Crippen molar-refractivity contribution < 1.29 is 9.90 Å². The number of halogens is 1. The zero-order valence-electron chi connectivity index (χ0n) is 17.5. The van der Waals surface area contributed by atoms with Gasteiger partial charge in [0.15, 0.2) is 5.78 Å². The molecule has 5 rings (SSSR count). The zero-order chi connectivity index (χ0) is 20.4. The van der Waals surface area contributed by atoms with Crippen molar-refractivity contribution in [3.63, 3.8) is 0 Å². The Morgan fingerprint density at radius 2 is 1.76 bits per heavy atom. The second-order valence-electron chi connectivity index (χ2n) is 10.4. The van der Waals surface area contributed by atoms with Gasteiger partial charge in [0.25, 0.3) is 0 Å². The van der Waals surface area contributed by atoms with Gasteiger partial charge in [0, 0.05) is 9.89 Å². The molecule has 0 aliphatic heterocycles. The Morgan fingerprint density at radius 3 is 2.52 bits per heavy atom. The fourth-order valence-electron chi connectivity index (χ4n) is 7.20. The number of fused-ring (bicyclic) bond motifs is 5. The molecule has 0 heterocycles. The number of carbonyl (C=O) groups is 1. The molecule has 3 heteroatoms. The third-order valence-electron chi connectivity index (χ3n) is 8.93. The van der Waals surface area contributed by atoms with Crippen LogP contribution in [0.25, 0.3) is 6.08 Å². The molecule has 154 valence electrons. The minimum absolute atomic E-state index is 0.159. The highest BCUT2D eigenvalue weighted by molar-refractivity contribution is 9.10. The molecular weight excluding hydrogens is 424 g/mol. The summed E-state index contributed by atoms with van der Waals surface area (Å²) < 4.78 is 1.07. The number of hydrogen-bond donors (Lipinski definition) is 1. The summed E-state index contributed by atoms with van der Waals surface area (Å²) in [6.07, 6.45) is 11.5. The van der Waals surface area contributed by atoms with Gasteiger partial charge in [0.05, 0.1) is 6.10 Å². The molecule has 6 atom stereocenters. The van der Waals surface area contributed by atoms with Gasteiger partial charge in [-0.15, -0.1) is 0 Å². The summed E-state index contributed by atoms with van der Waals surface area (Å²) in [6, 6.07) is 8.26. The van der Waals surface area contributed by atoms with Crippen LogP contribution in [0.4, 0.5) is 0 Å². The van der Waals surface area contributed by atoms with Crippen LogP contribution in [0.3, 0.4) is 0 Å². The average molecular weight is 455 g/mol. The monoisotopic (exact) mass is 454 g/mol. The molecule has 0 radical (unpaired) electrons. The molecule has 29 heavy (non-hydrogen) atoms. The smallest absolute Gasteiger partial charge is 0.165 e. The van der Waals surface area contributed by atoms with E-state index in [0.717, 1.165) is 60.6 Å². The van der Waals surface area contributed by atoms with Crippen LogP contribution in [0.5, 0.6) is 0 Å². The van der Waals surface area contributed by atoms with E-state index in [-0.39, 0.29) is 16.9 Å². The summed E-state index contributed by atoms with van der Waals surface area (Å²) in [5.41, 5.74) is 3.67. The van der Waals surface area contributed by atoms with Crippen LogP contribution in [0, 0.1) is 28.6 Å². The molecule has 4 aliphatic carbocycles. The van der Waals surface area contributed by atoms with Gasteiger partial charge < -0.3 is 5.11 Å². The lowest BCUT2D eigenvalue weighted by Gasteiger charge is -2.56. The molecule has 0 saturated heterocycles. The SMILES string of the molecule is CC12CCC3C(CC=C4CC(O)CCC43C)C1C/C(=C/c1ccc(Br)cc1)C2=O. The predicted molar refractivity (Wildman–Crippen MR) is 120 cm³/mol. The van der Waals surface area contributed by atoms with Crippen molar-refractivity contribution >= 4 is 27.8 Å². The van der Waals surface area contributed by atoms with Gasteiger partial charge in [-0.25, -0.2) is 0 Å². The Kier molecular flexibility index (Phi) is 4.71. The molecule has 6 unspecified atom stereocenters. The summed E-state index contributed by atoms with van der Waals surface area (Å²) >= 11 is 3.49. The van der Waals surface area contributed by atoms with E-state index in [1.165, 1.54) is 5.57 Å². The number of benzene rings is 1. The summed E-state index contributed by atoms with van der Waals surface area (Å²) in [4.78, 5) is 13.5. The van der Waals surface area contributed by atoms with Crippen molar-refractivity contribution in [2.75, 3.05) is 0 Å². The van der Waals surface area contributed by atoms with E-state index in [0.29, 0.717) is 23.5 Å². The first-order valence-electron chi connectivity index (χ1n) is 11.2. The van der Waals surface area contributed by atoms with Crippen LogP contribution in [-0.4, -0.2) is 17.0 Å². The van der Waals surface area contributed by atoms with Gasteiger partial charge in [-0.1, -0.05) is 53.6 Å². The molecule has 3 fully saturated rings. The number of aliphatic hydroxyl groups excluding tert-OH is 1. The Hall–Kier alpha value is -1.19. The molecule has 4 aliphatic rings. The number of Topliss-reactive ketones (excluding diaryl/α,β-unsaturated/α-hetero) is 1. The van der Waals surface area contributed by atoms with Crippen LogP contribution in [-0.2, 0) is 4.79 Å². The number of rotatable bonds is 1. The Labute approximate surface area is 182 Å². The van der Waals surface area contributed by atoms with Crippen molar-refractivity contribution in [2.45, 2.75) is 64.9 Å². The number of hydrogen-bond acceptors (Lipinski definition) is 2. The van der Waals surface area contributed by atoms with E-state index < -0.39 is 0 Å².